The molecule has 0 N–H and O–H groups in total. The Balaban J connectivity index is 1.97. The van der Waals surface area contributed by atoms with Crippen LogP contribution in [-0.4, -0.2) is 56.7 Å². The van der Waals surface area contributed by atoms with E-state index in [1.165, 1.54) is 0 Å². The molecular formula is C18H29BN2O4. The largest absolute Gasteiger partial charge is 0.496 e. The van der Waals surface area contributed by atoms with E-state index in [4.69, 9.17) is 23.8 Å². The molecule has 0 saturated carbocycles. The van der Waals surface area contributed by atoms with Crippen molar-refractivity contribution < 1.29 is 18.8 Å². The Bertz CT molecular complexity index is 601. The highest BCUT2D eigenvalue weighted by atomic mass is 16.7. The van der Waals surface area contributed by atoms with Gasteiger partial charge in [0.05, 0.1) is 48.1 Å². The third kappa shape index (κ3) is 3.56. The van der Waals surface area contributed by atoms with Crippen molar-refractivity contribution in [2.45, 2.75) is 51.9 Å². The minimum absolute atomic E-state index is 0.132. The Hall–Kier alpha value is -1.15. The molecule has 1 aromatic rings. The van der Waals surface area contributed by atoms with Crippen LogP contribution in [0.5, 0.6) is 0 Å². The molecule has 1 aromatic heterocycles. The van der Waals surface area contributed by atoms with Gasteiger partial charge in [0.25, 0.3) is 0 Å². The van der Waals surface area contributed by atoms with Crippen LogP contribution in [0.15, 0.2) is 12.3 Å². The summed E-state index contributed by atoms with van der Waals surface area (Å²) in [7, 11) is 1.24. The van der Waals surface area contributed by atoms with Gasteiger partial charge in [-0.25, -0.2) is 0 Å². The van der Waals surface area contributed by atoms with Crippen molar-refractivity contribution in [3.8, 4) is 0 Å². The van der Waals surface area contributed by atoms with Crippen LogP contribution in [0, 0.1) is 0 Å². The molecular weight excluding hydrogens is 319 g/mol. The van der Waals surface area contributed by atoms with E-state index in [1.54, 1.807) is 7.11 Å². The van der Waals surface area contributed by atoms with Gasteiger partial charge in [-0.15, -0.1) is 0 Å². The lowest BCUT2D eigenvalue weighted by Gasteiger charge is -2.32. The van der Waals surface area contributed by atoms with E-state index < -0.39 is 7.12 Å². The van der Waals surface area contributed by atoms with Crippen molar-refractivity contribution in [3.63, 3.8) is 0 Å². The summed E-state index contributed by atoms with van der Waals surface area (Å²) in [5.74, 6) is 0. The predicted molar refractivity (Wildman–Crippen MR) is 98.4 cm³/mol. The second-order valence-electron chi connectivity index (χ2n) is 7.73. The molecule has 2 aliphatic rings. The highest BCUT2D eigenvalue weighted by Crippen LogP contribution is 2.37. The molecule has 2 fully saturated rings. The third-order valence-electron chi connectivity index (χ3n) is 5.56. The summed E-state index contributed by atoms with van der Waals surface area (Å²) >= 11 is 0. The number of morpholine rings is 1. The number of anilines is 1. The van der Waals surface area contributed by atoms with Crippen LogP contribution in [0.2, 0.25) is 0 Å². The molecule has 3 rings (SSSR count). The lowest BCUT2D eigenvalue weighted by atomic mass is 9.76. The molecule has 1 unspecified atom stereocenters. The van der Waals surface area contributed by atoms with E-state index in [0.717, 1.165) is 43.1 Å². The van der Waals surface area contributed by atoms with Gasteiger partial charge in [-0.1, -0.05) is 0 Å². The zero-order chi connectivity index (χ0) is 18.2. The first-order valence-electron chi connectivity index (χ1n) is 8.96. The number of nitrogens with zero attached hydrogens (tertiary/aromatic N) is 2. The first kappa shape index (κ1) is 18.6. The predicted octanol–water partition coefficient (Wildman–Crippen LogP) is 1.92. The molecule has 7 heteroatoms. The van der Waals surface area contributed by atoms with Crippen LogP contribution in [-0.2, 0) is 18.8 Å². The number of aromatic nitrogens is 1. The number of methoxy groups -OCH3 is 1. The molecule has 0 amide bonds. The number of pyridine rings is 1. The summed E-state index contributed by atoms with van der Waals surface area (Å²) in [6.07, 6.45) is 1.78. The summed E-state index contributed by atoms with van der Waals surface area (Å²) in [5.41, 5.74) is 2.09. The van der Waals surface area contributed by atoms with Crippen LogP contribution in [0.3, 0.4) is 0 Å². The van der Waals surface area contributed by atoms with Crippen LogP contribution in [0.25, 0.3) is 0 Å². The van der Waals surface area contributed by atoms with Crippen LogP contribution in [0.1, 0.15) is 46.4 Å². The Labute approximate surface area is 150 Å². The van der Waals surface area contributed by atoms with Crippen LogP contribution < -0.4 is 10.4 Å². The van der Waals surface area contributed by atoms with Crippen molar-refractivity contribution in [2.24, 2.45) is 0 Å². The summed E-state index contributed by atoms with van der Waals surface area (Å²) in [6, 6.07) is 2.13. The van der Waals surface area contributed by atoms with Crippen molar-refractivity contribution in [1.29, 1.82) is 0 Å². The first-order chi connectivity index (χ1) is 11.7. The van der Waals surface area contributed by atoms with Crippen molar-refractivity contribution in [2.75, 3.05) is 38.3 Å². The first-order valence-corrected chi connectivity index (χ1v) is 8.96. The van der Waals surface area contributed by atoms with E-state index in [-0.39, 0.29) is 17.3 Å². The standard InChI is InChI=1S/C18H29BN2O4/c1-13(22-6)16-15(19-24-17(2,3)18(4,5)25-19)11-14(12-20-16)21-7-9-23-10-8-21/h11-13H,7-10H2,1-6H3. The van der Waals surface area contributed by atoms with Gasteiger partial charge in [-0.05, 0) is 40.7 Å². The number of hydrogen-bond donors (Lipinski definition) is 0. The Kier molecular flexibility index (Phi) is 5.12. The lowest BCUT2D eigenvalue weighted by Crippen LogP contribution is -2.41. The molecule has 0 bridgehead atoms. The van der Waals surface area contributed by atoms with Gasteiger partial charge in [0.15, 0.2) is 0 Å². The van der Waals surface area contributed by atoms with Crippen molar-refractivity contribution >= 4 is 18.3 Å². The normalized spacial score (nSPS) is 23.8. The summed E-state index contributed by atoms with van der Waals surface area (Å²) in [6.45, 7) is 13.4. The van der Waals surface area contributed by atoms with E-state index in [9.17, 15) is 0 Å². The maximum absolute atomic E-state index is 6.27. The fourth-order valence-electron chi connectivity index (χ4n) is 3.09. The van der Waals surface area contributed by atoms with Gasteiger partial charge < -0.3 is 23.7 Å². The summed E-state index contributed by atoms with van der Waals surface area (Å²) in [4.78, 5) is 6.98. The second-order valence-corrected chi connectivity index (χ2v) is 7.73. The molecule has 138 valence electrons. The van der Waals surface area contributed by atoms with Gasteiger partial charge in [-0.3, -0.25) is 4.98 Å². The van der Waals surface area contributed by atoms with Gasteiger partial charge in [0.1, 0.15) is 0 Å². The Morgan fingerprint density at radius 3 is 2.32 bits per heavy atom. The molecule has 3 heterocycles. The number of ether oxygens (including phenoxy) is 2. The molecule has 25 heavy (non-hydrogen) atoms. The second kappa shape index (κ2) is 6.87. The minimum Gasteiger partial charge on any atom is -0.399 e. The molecule has 0 radical (unpaired) electrons. The fourth-order valence-corrected chi connectivity index (χ4v) is 3.09. The highest BCUT2D eigenvalue weighted by Gasteiger charge is 2.52. The molecule has 0 aromatic carbocycles. The number of hydrogen-bond acceptors (Lipinski definition) is 6. The quantitative estimate of drug-likeness (QED) is 0.775. The van der Waals surface area contributed by atoms with E-state index in [2.05, 4.69) is 38.7 Å². The van der Waals surface area contributed by atoms with Crippen LogP contribution >= 0.6 is 0 Å². The molecule has 2 aliphatic heterocycles. The molecule has 0 aliphatic carbocycles. The maximum Gasteiger partial charge on any atom is 0.496 e. The third-order valence-corrected chi connectivity index (χ3v) is 5.56. The minimum atomic E-state index is -0.453. The summed E-state index contributed by atoms with van der Waals surface area (Å²) in [5, 5.41) is 0. The highest BCUT2D eigenvalue weighted by molar-refractivity contribution is 6.62. The molecule has 2 saturated heterocycles. The average molecular weight is 348 g/mol. The number of rotatable bonds is 4. The lowest BCUT2D eigenvalue weighted by molar-refractivity contribution is 0.00578. The molecule has 0 spiro atoms. The van der Waals surface area contributed by atoms with Crippen molar-refractivity contribution in [3.05, 3.63) is 18.0 Å². The van der Waals surface area contributed by atoms with E-state index in [1.807, 2.05) is 13.1 Å². The maximum atomic E-state index is 6.27. The van der Waals surface area contributed by atoms with Gasteiger partial charge in [-0.2, -0.15) is 0 Å². The Morgan fingerprint density at radius 1 is 1.16 bits per heavy atom. The fraction of sp³-hybridized carbons (Fsp3) is 0.722. The monoisotopic (exact) mass is 348 g/mol. The SMILES string of the molecule is COC(C)c1ncc(N2CCOCC2)cc1B1OC(C)(C)C(C)(C)O1. The van der Waals surface area contributed by atoms with E-state index in [0.29, 0.717) is 0 Å². The van der Waals surface area contributed by atoms with Gasteiger partial charge in [0.2, 0.25) is 0 Å². The Morgan fingerprint density at radius 2 is 1.76 bits per heavy atom. The molecule has 1 atom stereocenters. The van der Waals surface area contributed by atoms with E-state index >= 15 is 0 Å². The summed E-state index contributed by atoms with van der Waals surface area (Å²) < 4.78 is 23.5. The smallest absolute Gasteiger partial charge is 0.399 e. The topological polar surface area (TPSA) is 53.1 Å². The zero-order valence-corrected chi connectivity index (χ0v) is 16.2. The average Bonchev–Trinajstić information content (AvgIpc) is 2.82. The zero-order valence-electron chi connectivity index (χ0n) is 16.2. The van der Waals surface area contributed by atoms with Crippen LogP contribution in [0.4, 0.5) is 5.69 Å². The van der Waals surface area contributed by atoms with Gasteiger partial charge >= 0.3 is 7.12 Å². The van der Waals surface area contributed by atoms with Gasteiger partial charge in [0, 0.05) is 25.7 Å². The molecule has 6 nitrogen and oxygen atoms in total. The van der Waals surface area contributed by atoms with Crippen molar-refractivity contribution in [1.82, 2.24) is 4.98 Å².